The number of anilines is 1. The summed E-state index contributed by atoms with van der Waals surface area (Å²) >= 11 is 0.398. The SMILES string of the molecule is CC1COc2ccccc2CN1C(=O)Nc1ncc(C(F)(F)F)s1. The molecule has 1 atom stereocenters. The lowest BCUT2D eigenvalue weighted by molar-refractivity contribution is -0.134. The van der Waals surface area contributed by atoms with E-state index in [4.69, 9.17) is 4.74 Å². The number of carbonyl (C=O) groups excluding carboxylic acids is 1. The van der Waals surface area contributed by atoms with Gasteiger partial charge in [-0.3, -0.25) is 5.32 Å². The number of benzene rings is 1. The molecule has 3 rings (SSSR count). The minimum atomic E-state index is -4.47. The highest BCUT2D eigenvalue weighted by Crippen LogP contribution is 2.35. The summed E-state index contributed by atoms with van der Waals surface area (Å²) in [7, 11) is 0. The van der Waals surface area contributed by atoms with Crippen LogP contribution in [0.15, 0.2) is 30.5 Å². The molecule has 2 aromatic rings. The van der Waals surface area contributed by atoms with Crippen molar-refractivity contribution in [3.05, 3.63) is 40.9 Å². The van der Waals surface area contributed by atoms with Gasteiger partial charge in [0.05, 0.1) is 18.8 Å². The van der Waals surface area contributed by atoms with Crippen LogP contribution in [0, 0.1) is 0 Å². The van der Waals surface area contributed by atoms with E-state index in [2.05, 4.69) is 10.3 Å². The van der Waals surface area contributed by atoms with Gasteiger partial charge in [0.25, 0.3) is 0 Å². The molecule has 24 heavy (non-hydrogen) atoms. The number of rotatable bonds is 1. The zero-order chi connectivity index (χ0) is 17.3. The molecule has 128 valence electrons. The molecule has 2 heterocycles. The lowest BCUT2D eigenvalue weighted by Gasteiger charge is -2.25. The van der Waals surface area contributed by atoms with Gasteiger partial charge in [-0.2, -0.15) is 13.2 Å². The summed E-state index contributed by atoms with van der Waals surface area (Å²) in [6.45, 7) is 2.42. The van der Waals surface area contributed by atoms with E-state index in [0.29, 0.717) is 36.4 Å². The number of thiazole rings is 1. The number of hydrogen-bond donors (Lipinski definition) is 1. The Morgan fingerprint density at radius 1 is 1.42 bits per heavy atom. The number of aromatic nitrogens is 1. The van der Waals surface area contributed by atoms with E-state index in [0.717, 1.165) is 5.56 Å². The van der Waals surface area contributed by atoms with Gasteiger partial charge in [0, 0.05) is 5.56 Å². The van der Waals surface area contributed by atoms with Crippen LogP contribution in [-0.2, 0) is 12.7 Å². The number of hydrogen-bond acceptors (Lipinski definition) is 4. The molecule has 1 aromatic carbocycles. The van der Waals surface area contributed by atoms with E-state index < -0.39 is 17.1 Å². The maximum absolute atomic E-state index is 12.6. The molecular weight excluding hydrogens is 343 g/mol. The van der Waals surface area contributed by atoms with Crippen molar-refractivity contribution < 1.29 is 22.7 Å². The van der Waals surface area contributed by atoms with E-state index in [-0.39, 0.29) is 11.2 Å². The monoisotopic (exact) mass is 357 g/mol. The van der Waals surface area contributed by atoms with Crippen LogP contribution >= 0.6 is 11.3 Å². The zero-order valence-electron chi connectivity index (χ0n) is 12.6. The largest absolute Gasteiger partial charge is 0.491 e. The first-order valence-electron chi connectivity index (χ1n) is 7.16. The number of halogens is 3. The summed E-state index contributed by atoms with van der Waals surface area (Å²) in [6, 6.07) is 6.60. The van der Waals surface area contributed by atoms with Crippen molar-refractivity contribution in [3.8, 4) is 5.75 Å². The first-order valence-corrected chi connectivity index (χ1v) is 7.97. The minimum absolute atomic E-state index is 0.0852. The quantitative estimate of drug-likeness (QED) is 0.840. The number of nitrogens with one attached hydrogen (secondary N) is 1. The van der Waals surface area contributed by atoms with Crippen molar-refractivity contribution in [2.24, 2.45) is 0 Å². The van der Waals surface area contributed by atoms with Crippen molar-refractivity contribution in [2.75, 3.05) is 11.9 Å². The molecule has 1 aliphatic heterocycles. The predicted octanol–water partition coefficient (Wildman–Crippen LogP) is 3.98. The second-order valence-corrected chi connectivity index (χ2v) is 6.38. The van der Waals surface area contributed by atoms with Gasteiger partial charge in [-0.25, -0.2) is 9.78 Å². The average Bonchev–Trinajstić information content (AvgIpc) is 2.92. The summed E-state index contributed by atoms with van der Waals surface area (Å²) < 4.78 is 43.5. The van der Waals surface area contributed by atoms with Gasteiger partial charge >= 0.3 is 12.2 Å². The number of amides is 2. The van der Waals surface area contributed by atoms with E-state index in [1.807, 2.05) is 31.2 Å². The van der Waals surface area contributed by atoms with Gasteiger partial charge in [0.2, 0.25) is 0 Å². The maximum atomic E-state index is 12.6. The van der Waals surface area contributed by atoms with Crippen LogP contribution in [-0.4, -0.2) is 28.6 Å². The van der Waals surface area contributed by atoms with Gasteiger partial charge in [-0.1, -0.05) is 29.5 Å². The van der Waals surface area contributed by atoms with Crippen LogP contribution in [0.1, 0.15) is 17.4 Å². The molecule has 0 radical (unpaired) electrons. The van der Waals surface area contributed by atoms with Crippen LogP contribution in [0.5, 0.6) is 5.75 Å². The van der Waals surface area contributed by atoms with Crippen LogP contribution in [0.4, 0.5) is 23.1 Å². The zero-order valence-corrected chi connectivity index (χ0v) is 13.4. The van der Waals surface area contributed by atoms with Crippen molar-refractivity contribution in [2.45, 2.75) is 25.7 Å². The summed E-state index contributed by atoms with van der Waals surface area (Å²) in [6.07, 6.45) is -3.76. The summed E-state index contributed by atoms with van der Waals surface area (Å²) in [5, 5.41) is 2.35. The fraction of sp³-hybridized carbons (Fsp3) is 0.333. The van der Waals surface area contributed by atoms with Crippen LogP contribution in [0.2, 0.25) is 0 Å². The molecule has 1 aromatic heterocycles. The maximum Gasteiger partial charge on any atom is 0.427 e. The van der Waals surface area contributed by atoms with Gasteiger partial charge < -0.3 is 9.64 Å². The smallest absolute Gasteiger partial charge is 0.427 e. The van der Waals surface area contributed by atoms with Crippen LogP contribution < -0.4 is 10.1 Å². The topological polar surface area (TPSA) is 54.5 Å². The van der Waals surface area contributed by atoms with E-state index >= 15 is 0 Å². The van der Waals surface area contributed by atoms with Crippen molar-refractivity contribution in [1.29, 1.82) is 0 Å². The van der Waals surface area contributed by atoms with E-state index in [1.165, 1.54) is 4.90 Å². The first kappa shape index (κ1) is 16.6. The third-order valence-electron chi connectivity index (χ3n) is 3.59. The van der Waals surface area contributed by atoms with E-state index in [1.54, 1.807) is 0 Å². The molecular formula is C15H14F3N3O2S. The van der Waals surface area contributed by atoms with Crippen molar-refractivity contribution in [3.63, 3.8) is 0 Å². The van der Waals surface area contributed by atoms with Crippen LogP contribution in [0.25, 0.3) is 0 Å². The number of carbonyl (C=O) groups is 1. The molecule has 1 N–H and O–H groups in total. The Kier molecular flexibility index (Phi) is 4.35. The Labute approximate surface area is 140 Å². The molecule has 1 aliphatic rings. The standard InChI is InChI=1S/C15H14F3N3O2S/c1-9-8-23-11-5-3-2-4-10(11)7-21(9)14(22)20-13-19-6-12(24-13)15(16,17)18/h2-6,9H,7-8H2,1H3,(H,19,20,22). The van der Waals surface area contributed by atoms with Gasteiger partial charge in [0.1, 0.15) is 17.2 Å². The highest BCUT2D eigenvalue weighted by atomic mass is 32.1. The van der Waals surface area contributed by atoms with E-state index in [9.17, 15) is 18.0 Å². The third kappa shape index (κ3) is 3.45. The minimum Gasteiger partial charge on any atom is -0.491 e. The number of ether oxygens (including phenoxy) is 1. The molecule has 0 saturated carbocycles. The fourth-order valence-electron chi connectivity index (χ4n) is 2.31. The number of urea groups is 1. The highest BCUT2D eigenvalue weighted by molar-refractivity contribution is 7.15. The molecule has 9 heteroatoms. The molecule has 0 bridgehead atoms. The fourth-order valence-corrected chi connectivity index (χ4v) is 2.99. The number of nitrogens with zero attached hydrogens (tertiary/aromatic N) is 2. The Hall–Kier alpha value is -2.29. The second kappa shape index (κ2) is 6.31. The lowest BCUT2D eigenvalue weighted by atomic mass is 10.2. The second-order valence-electron chi connectivity index (χ2n) is 5.35. The molecule has 0 fully saturated rings. The Morgan fingerprint density at radius 3 is 2.88 bits per heavy atom. The highest BCUT2D eigenvalue weighted by Gasteiger charge is 2.34. The summed E-state index contributed by atoms with van der Waals surface area (Å²) in [5.74, 6) is 0.702. The molecule has 5 nitrogen and oxygen atoms in total. The van der Waals surface area contributed by atoms with Crippen molar-refractivity contribution >= 4 is 22.5 Å². The number of fused-ring (bicyclic) bond motifs is 1. The number of para-hydroxylation sites is 1. The Balaban J connectivity index is 1.75. The third-order valence-corrected chi connectivity index (χ3v) is 4.54. The first-order chi connectivity index (χ1) is 11.3. The molecule has 1 unspecified atom stereocenters. The lowest BCUT2D eigenvalue weighted by Crippen LogP contribution is -2.42. The van der Waals surface area contributed by atoms with Gasteiger partial charge in [0.15, 0.2) is 5.13 Å². The predicted molar refractivity (Wildman–Crippen MR) is 83.1 cm³/mol. The summed E-state index contributed by atoms with van der Waals surface area (Å²) in [5.41, 5.74) is 0.840. The number of alkyl halides is 3. The average molecular weight is 357 g/mol. The van der Waals surface area contributed by atoms with Gasteiger partial charge in [-0.05, 0) is 13.0 Å². The molecule has 2 amide bonds. The van der Waals surface area contributed by atoms with Gasteiger partial charge in [-0.15, -0.1) is 0 Å². The van der Waals surface area contributed by atoms with Crippen LogP contribution in [0.3, 0.4) is 0 Å². The summed E-state index contributed by atoms with van der Waals surface area (Å²) in [4.78, 5) is 16.7. The Bertz CT molecular complexity index is 748. The molecule has 0 spiro atoms. The molecule has 0 saturated heterocycles. The Morgan fingerprint density at radius 2 is 2.17 bits per heavy atom. The molecule has 0 aliphatic carbocycles. The normalized spacial score (nSPS) is 17.7. The van der Waals surface area contributed by atoms with Crippen molar-refractivity contribution in [1.82, 2.24) is 9.88 Å².